The molecule has 28 heavy (non-hydrogen) atoms. The molecule has 0 N–H and O–H groups in total. The fraction of sp³-hybridized carbons (Fsp3) is 0.500. The van der Waals surface area contributed by atoms with Crippen molar-refractivity contribution in [1.82, 2.24) is 29.3 Å². The SMILES string of the molecule is Cn1cc(-c2cc3c(N4CC5CCC(C4)N5C(=O)C4CC4)ncnn3c2)cn1. The van der Waals surface area contributed by atoms with Gasteiger partial charge in [0.15, 0.2) is 5.82 Å². The Kier molecular flexibility index (Phi) is 3.33. The molecule has 3 aromatic heterocycles. The number of hydrogen-bond acceptors (Lipinski definition) is 5. The van der Waals surface area contributed by atoms with Gasteiger partial charge in [0.1, 0.15) is 11.8 Å². The average molecular weight is 377 g/mol. The molecule has 144 valence electrons. The van der Waals surface area contributed by atoms with Gasteiger partial charge in [0, 0.05) is 61.7 Å². The van der Waals surface area contributed by atoms with Crippen LogP contribution >= 0.6 is 0 Å². The van der Waals surface area contributed by atoms with Gasteiger partial charge in [0.25, 0.3) is 0 Å². The van der Waals surface area contributed by atoms with E-state index in [1.54, 1.807) is 11.0 Å². The Morgan fingerprint density at radius 3 is 2.50 bits per heavy atom. The number of hydrogen-bond donors (Lipinski definition) is 0. The van der Waals surface area contributed by atoms with Gasteiger partial charge in [-0.25, -0.2) is 9.50 Å². The van der Waals surface area contributed by atoms with E-state index in [1.165, 1.54) is 0 Å². The van der Waals surface area contributed by atoms with Crippen molar-refractivity contribution in [2.24, 2.45) is 13.0 Å². The summed E-state index contributed by atoms with van der Waals surface area (Å²) in [5.41, 5.74) is 3.15. The molecule has 1 saturated carbocycles. The number of piperazine rings is 1. The molecule has 2 saturated heterocycles. The predicted molar refractivity (Wildman–Crippen MR) is 104 cm³/mol. The van der Waals surface area contributed by atoms with E-state index in [1.807, 2.05) is 30.2 Å². The predicted octanol–water partition coefficient (Wildman–Crippen LogP) is 1.72. The summed E-state index contributed by atoms with van der Waals surface area (Å²) in [6, 6.07) is 2.76. The molecular weight excluding hydrogens is 354 g/mol. The van der Waals surface area contributed by atoms with Gasteiger partial charge in [-0.15, -0.1) is 0 Å². The van der Waals surface area contributed by atoms with Gasteiger partial charge in [-0.05, 0) is 31.7 Å². The van der Waals surface area contributed by atoms with E-state index >= 15 is 0 Å². The van der Waals surface area contributed by atoms with E-state index in [9.17, 15) is 4.79 Å². The first-order valence-corrected chi connectivity index (χ1v) is 10.1. The van der Waals surface area contributed by atoms with Gasteiger partial charge in [-0.1, -0.05) is 0 Å². The van der Waals surface area contributed by atoms with Crippen LogP contribution in [0.25, 0.3) is 16.6 Å². The molecule has 2 aliphatic heterocycles. The third-order valence-electron chi connectivity index (χ3n) is 6.39. The highest BCUT2D eigenvalue weighted by atomic mass is 16.2. The van der Waals surface area contributed by atoms with Gasteiger partial charge in [0.05, 0.1) is 6.20 Å². The lowest BCUT2D eigenvalue weighted by Crippen LogP contribution is -2.56. The van der Waals surface area contributed by atoms with Crippen molar-refractivity contribution in [2.75, 3.05) is 18.0 Å². The fourth-order valence-corrected chi connectivity index (χ4v) is 4.87. The number of aryl methyl sites for hydroxylation is 1. The molecule has 0 radical (unpaired) electrons. The summed E-state index contributed by atoms with van der Waals surface area (Å²) in [4.78, 5) is 21.9. The fourth-order valence-electron chi connectivity index (χ4n) is 4.87. The van der Waals surface area contributed by atoms with Crippen LogP contribution in [-0.2, 0) is 11.8 Å². The van der Waals surface area contributed by atoms with E-state index < -0.39 is 0 Å². The molecular formula is C20H23N7O. The second-order valence-corrected chi connectivity index (χ2v) is 8.35. The Hall–Kier alpha value is -2.90. The number of nitrogens with zero attached hydrogens (tertiary/aromatic N) is 7. The molecule has 2 unspecified atom stereocenters. The molecule has 0 spiro atoms. The number of anilines is 1. The van der Waals surface area contributed by atoms with Crippen LogP contribution < -0.4 is 4.90 Å². The molecule has 8 heteroatoms. The third kappa shape index (κ3) is 2.43. The van der Waals surface area contributed by atoms with E-state index in [2.05, 4.69) is 31.0 Å². The van der Waals surface area contributed by atoms with Gasteiger partial charge < -0.3 is 9.80 Å². The molecule has 1 amide bonds. The van der Waals surface area contributed by atoms with E-state index in [0.29, 0.717) is 23.9 Å². The largest absolute Gasteiger partial charge is 0.351 e. The zero-order chi connectivity index (χ0) is 18.8. The number of carbonyl (C=O) groups is 1. The van der Waals surface area contributed by atoms with Gasteiger partial charge in [0.2, 0.25) is 5.91 Å². The summed E-state index contributed by atoms with van der Waals surface area (Å²) >= 11 is 0. The lowest BCUT2D eigenvalue weighted by molar-refractivity contribution is -0.135. The van der Waals surface area contributed by atoms with Crippen molar-refractivity contribution in [1.29, 1.82) is 0 Å². The summed E-state index contributed by atoms with van der Waals surface area (Å²) in [7, 11) is 1.92. The topological polar surface area (TPSA) is 71.6 Å². The minimum absolute atomic E-state index is 0.299. The maximum atomic E-state index is 12.7. The summed E-state index contributed by atoms with van der Waals surface area (Å²) in [5.74, 6) is 1.65. The number of aromatic nitrogens is 5. The zero-order valence-corrected chi connectivity index (χ0v) is 15.9. The zero-order valence-electron chi connectivity index (χ0n) is 15.9. The number of fused-ring (bicyclic) bond motifs is 3. The van der Waals surface area contributed by atoms with Crippen LogP contribution in [0.4, 0.5) is 5.82 Å². The normalized spacial score (nSPS) is 24.3. The molecule has 0 aromatic carbocycles. The van der Waals surface area contributed by atoms with Crippen molar-refractivity contribution in [2.45, 2.75) is 37.8 Å². The summed E-state index contributed by atoms with van der Waals surface area (Å²) < 4.78 is 3.70. The van der Waals surface area contributed by atoms with Crippen molar-refractivity contribution in [3.63, 3.8) is 0 Å². The number of carbonyl (C=O) groups excluding carboxylic acids is 1. The van der Waals surface area contributed by atoms with Crippen molar-refractivity contribution < 1.29 is 4.79 Å². The number of amides is 1. The summed E-state index contributed by atoms with van der Waals surface area (Å²) in [6.45, 7) is 1.71. The Labute approximate surface area is 162 Å². The minimum Gasteiger partial charge on any atom is -0.351 e. The molecule has 6 rings (SSSR count). The Bertz CT molecular complexity index is 1050. The van der Waals surface area contributed by atoms with Gasteiger partial charge in [-0.3, -0.25) is 9.48 Å². The van der Waals surface area contributed by atoms with E-state index in [0.717, 1.165) is 61.2 Å². The number of rotatable bonds is 3. The molecule has 2 atom stereocenters. The van der Waals surface area contributed by atoms with Gasteiger partial charge in [-0.2, -0.15) is 10.2 Å². The first kappa shape index (κ1) is 16.1. The lowest BCUT2D eigenvalue weighted by atomic mass is 10.1. The Morgan fingerprint density at radius 2 is 1.82 bits per heavy atom. The molecule has 2 bridgehead atoms. The highest BCUT2D eigenvalue weighted by molar-refractivity contribution is 5.83. The highest BCUT2D eigenvalue weighted by Gasteiger charge is 2.46. The Morgan fingerprint density at radius 1 is 1.04 bits per heavy atom. The van der Waals surface area contributed by atoms with Crippen molar-refractivity contribution in [3.8, 4) is 11.1 Å². The molecule has 3 aromatic rings. The molecule has 3 fully saturated rings. The standard InChI is InChI=1S/C20H23N7O/c1-24-8-15(7-22-24)14-6-18-19(21-12-23-26(18)9-14)25-10-16-4-5-17(11-25)27(16)20(28)13-2-3-13/h6-9,12-13,16-17H,2-5,10-11H2,1H3. The van der Waals surface area contributed by atoms with Crippen LogP contribution in [0.2, 0.25) is 0 Å². The quantitative estimate of drug-likeness (QED) is 0.695. The van der Waals surface area contributed by atoms with Crippen LogP contribution in [-0.4, -0.2) is 60.4 Å². The smallest absolute Gasteiger partial charge is 0.226 e. The van der Waals surface area contributed by atoms with E-state index in [4.69, 9.17) is 0 Å². The molecule has 5 heterocycles. The third-order valence-corrected chi connectivity index (χ3v) is 6.39. The summed E-state index contributed by atoms with van der Waals surface area (Å²) in [6.07, 6.45) is 11.9. The molecule has 8 nitrogen and oxygen atoms in total. The van der Waals surface area contributed by atoms with Crippen molar-refractivity contribution >= 4 is 17.2 Å². The van der Waals surface area contributed by atoms with Crippen LogP contribution in [0.15, 0.2) is 31.0 Å². The highest BCUT2D eigenvalue weighted by Crippen LogP contribution is 2.39. The van der Waals surface area contributed by atoms with E-state index in [-0.39, 0.29) is 0 Å². The minimum atomic E-state index is 0.299. The second-order valence-electron chi connectivity index (χ2n) is 8.35. The second kappa shape index (κ2) is 5.80. The monoisotopic (exact) mass is 377 g/mol. The summed E-state index contributed by atoms with van der Waals surface area (Å²) in [5, 5.41) is 8.68. The first-order chi connectivity index (χ1) is 13.7. The Balaban J connectivity index is 1.33. The van der Waals surface area contributed by atoms with Crippen LogP contribution in [0, 0.1) is 5.92 Å². The maximum absolute atomic E-state index is 12.7. The van der Waals surface area contributed by atoms with Crippen molar-refractivity contribution in [3.05, 3.63) is 31.0 Å². The lowest BCUT2D eigenvalue weighted by Gasteiger charge is -2.41. The first-order valence-electron chi connectivity index (χ1n) is 10.1. The maximum Gasteiger partial charge on any atom is 0.226 e. The van der Waals surface area contributed by atoms with Crippen LogP contribution in [0.5, 0.6) is 0 Å². The molecule has 1 aliphatic carbocycles. The average Bonchev–Trinajstić information content (AvgIpc) is 3.22. The van der Waals surface area contributed by atoms with Crippen LogP contribution in [0.3, 0.4) is 0 Å². The molecule has 3 aliphatic rings. The van der Waals surface area contributed by atoms with Gasteiger partial charge >= 0.3 is 0 Å². The van der Waals surface area contributed by atoms with Crippen LogP contribution in [0.1, 0.15) is 25.7 Å².